The van der Waals surface area contributed by atoms with Gasteiger partial charge in [-0.3, -0.25) is 9.78 Å². The van der Waals surface area contributed by atoms with E-state index < -0.39 is 0 Å². The van der Waals surface area contributed by atoms with Crippen LogP contribution in [-0.2, 0) is 17.8 Å². The van der Waals surface area contributed by atoms with Crippen LogP contribution in [0.25, 0.3) is 10.9 Å². The van der Waals surface area contributed by atoms with Crippen LogP contribution in [0.15, 0.2) is 54.7 Å². The van der Waals surface area contributed by atoms with Gasteiger partial charge in [-0.15, -0.1) is 0 Å². The summed E-state index contributed by atoms with van der Waals surface area (Å²) in [7, 11) is 3.47. The van der Waals surface area contributed by atoms with Crippen molar-refractivity contribution in [3.63, 3.8) is 0 Å². The van der Waals surface area contributed by atoms with Crippen molar-refractivity contribution in [1.29, 1.82) is 0 Å². The number of pyridine rings is 1. The van der Waals surface area contributed by atoms with Gasteiger partial charge in [-0.05, 0) is 35.7 Å². The van der Waals surface area contributed by atoms with Gasteiger partial charge in [0.1, 0.15) is 6.61 Å². The predicted octanol–water partition coefficient (Wildman–Crippen LogP) is 3.45. The summed E-state index contributed by atoms with van der Waals surface area (Å²) in [5.74, 6) is 1.37. The number of ether oxygens (including phenoxy) is 2. The minimum atomic E-state index is -0.192. The van der Waals surface area contributed by atoms with E-state index in [1.54, 1.807) is 18.2 Å². The number of hydrogen-bond acceptors (Lipinski definition) is 4. The summed E-state index contributed by atoms with van der Waals surface area (Å²) in [6, 6.07) is 15.8. The number of rotatable bonds is 4. The van der Waals surface area contributed by atoms with Gasteiger partial charge in [0, 0.05) is 25.2 Å². The van der Waals surface area contributed by atoms with E-state index in [2.05, 4.69) is 4.98 Å². The van der Waals surface area contributed by atoms with Gasteiger partial charge in [0.2, 0.25) is 5.91 Å². The molecule has 1 aliphatic heterocycles. The third-order valence-corrected chi connectivity index (χ3v) is 5.04. The average Bonchev–Trinajstić information content (AvgIpc) is 2.72. The molecule has 1 atom stereocenters. The fourth-order valence-corrected chi connectivity index (χ4v) is 3.66. The second kappa shape index (κ2) is 7.27. The minimum Gasteiger partial charge on any atom is -0.493 e. The van der Waals surface area contributed by atoms with Gasteiger partial charge < -0.3 is 14.4 Å². The average molecular weight is 362 g/mol. The maximum atomic E-state index is 13.0. The lowest BCUT2D eigenvalue weighted by molar-refractivity contribution is -0.136. The van der Waals surface area contributed by atoms with Crippen molar-refractivity contribution in [2.75, 3.05) is 20.8 Å². The van der Waals surface area contributed by atoms with E-state index in [0.717, 1.165) is 33.5 Å². The van der Waals surface area contributed by atoms with Gasteiger partial charge in [-0.1, -0.05) is 30.3 Å². The zero-order valence-corrected chi connectivity index (χ0v) is 15.5. The molecule has 0 N–H and O–H groups in total. The number of nitrogens with zero attached hydrogens (tertiary/aromatic N) is 2. The highest BCUT2D eigenvalue weighted by molar-refractivity contribution is 5.83. The lowest BCUT2D eigenvalue weighted by Gasteiger charge is -2.29. The molecule has 1 aromatic heterocycles. The zero-order valence-electron chi connectivity index (χ0n) is 15.5. The molecule has 4 rings (SSSR count). The van der Waals surface area contributed by atoms with Gasteiger partial charge in [0.25, 0.3) is 0 Å². The second-order valence-corrected chi connectivity index (χ2v) is 6.84. The number of para-hydroxylation sites is 1. The molecule has 2 heterocycles. The van der Waals surface area contributed by atoms with Gasteiger partial charge in [0.15, 0.2) is 11.5 Å². The second-order valence-electron chi connectivity index (χ2n) is 6.84. The number of hydrogen-bond donors (Lipinski definition) is 0. The van der Waals surface area contributed by atoms with Crippen LogP contribution in [0.3, 0.4) is 0 Å². The van der Waals surface area contributed by atoms with Crippen LogP contribution in [0.4, 0.5) is 0 Å². The smallest absolute Gasteiger partial charge is 0.229 e. The fourth-order valence-electron chi connectivity index (χ4n) is 3.66. The fraction of sp³-hybridized carbons (Fsp3) is 0.273. The molecule has 0 spiro atoms. The number of aromatic nitrogens is 1. The lowest BCUT2D eigenvalue weighted by atomic mass is 9.95. The standard InChI is InChI=1S/C22H22N2O3/c1-24(13-16-7-3-9-19-18(16)8-5-11-23-19)22(25)17-12-15-6-4-10-20(26-2)21(15)27-14-17/h3-11,17H,12-14H2,1-2H3. The van der Waals surface area contributed by atoms with Crippen LogP contribution in [0, 0.1) is 5.92 Å². The Morgan fingerprint density at radius 3 is 2.93 bits per heavy atom. The summed E-state index contributed by atoms with van der Waals surface area (Å²) in [5.41, 5.74) is 3.05. The van der Waals surface area contributed by atoms with Crippen LogP contribution in [-0.4, -0.2) is 36.6 Å². The van der Waals surface area contributed by atoms with Crippen LogP contribution in [0.5, 0.6) is 11.5 Å². The number of carbonyl (C=O) groups is 1. The molecule has 27 heavy (non-hydrogen) atoms. The molecule has 0 fully saturated rings. The summed E-state index contributed by atoms with van der Waals surface area (Å²) in [6.07, 6.45) is 2.44. The molecule has 0 saturated heterocycles. The molecule has 2 aromatic carbocycles. The molecular weight excluding hydrogens is 340 g/mol. The Balaban J connectivity index is 1.51. The van der Waals surface area contributed by atoms with Crippen molar-refractivity contribution in [3.8, 4) is 11.5 Å². The first kappa shape index (κ1) is 17.3. The van der Waals surface area contributed by atoms with Crippen LogP contribution < -0.4 is 9.47 Å². The number of methoxy groups -OCH3 is 1. The van der Waals surface area contributed by atoms with Crippen molar-refractivity contribution >= 4 is 16.8 Å². The summed E-state index contributed by atoms with van der Waals surface area (Å²) in [6.45, 7) is 0.914. The quantitative estimate of drug-likeness (QED) is 0.713. The number of benzene rings is 2. The Kier molecular flexibility index (Phi) is 4.67. The van der Waals surface area contributed by atoms with Crippen molar-refractivity contribution in [1.82, 2.24) is 9.88 Å². The highest BCUT2D eigenvalue weighted by Crippen LogP contribution is 2.36. The molecule has 3 aromatic rings. The van der Waals surface area contributed by atoms with Crippen molar-refractivity contribution in [3.05, 3.63) is 65.9 Å². The van der Waals surface area contributed by atoms with Crippen LogP contribution in [0.1, 0.15) is 11.1 Å². The third kappa shape index (κ3) is 3.33. The monoisotopic (exact) mass is 362 g/mol. The topological polar surface area (TPSA) is 51.7 Å². The maximum Gasteiger partial charge on any atom is 0.229 e. The molecule has 5 nitrogen and oxygen atoms in total. The highest BCUT2D eigenvalue weighted by atomic mass is 16.5. The van der Waals surface area contributed by atoms with Gasteiger partial charge in [-0.25, -0.2) is 0 Å². The number of amides is 1. The zero-order chi connectivity index (χ0) is 18.8. The largest absolute Gasteiger partial charge is 0.493 e. The minimum absolute atomic E-state index is 0.0874. The van der Waals surface area contributed by atoms with Crippen molar-refractivity contribution in [2.45, 2.75) is 13.0 Å². The van der Waals surface area contributed by atoms with E-state index in [4.69, 9.17) is 9.47 Å². The molecule has 138 valence electrons. The maximum absolute atomic E-state index is 13.0. The van der Waals surface area contributed by atoms with E-state index in [9.17, 15) is 4.79 Å². The molecule has 1 amide bonds. The molecule has 0 aliphatic carbocycles. The van der Waals surface area contributed by atoms with Crippen LogP contribution in [0.2, 0.25) is 0 Å². The molecule has 5 heteroatoms. The Labute approximate surface area is 158 Å². The Bertz CT molecular complexity index is 981. The van der Waals surface area contributed by atoms with Gasteiger partial charge in [-0.2, -0.15) is 0 Å². The van der Waals surface area contributed by atoms with E-state index in [1.165, 1.54) is 0 Å². The predicted molar refractivity (Wildman–Crippen MR) is 104 cm³/mol. The van der Waals surface area contributed by atoms with E-state index >= 15 is 0 Å². The molecule has 0 saturated carbocycles. The highest BCUT2D eigenvalue weighted by Gasteiger charge is 2.29. The molecule has 0 bridgehead atoms. The van der Waals surface area contributed by atoms with Gasteiger partial charge >= 0.3 is 0 Å². The van der Waals surface area contributed by atoms with Crippen LogP contribution >= 0.6 is 0 Å². The molecular formula is C22H22N2O3. The van der Waals surface area contributed by atoms with Gasteiger partial charge in [0.05, 0.1) is 18.5 Å². The Morgan fingerprint density at radius 2 is 2.07 bits per heavy atom. The first-order chi connectivity index (χ1) is 13.2. The van der Waals surface area contributed by atoms with E-state index in [1.807, 2.05) is 55.6 Å². The number of fused-ring (bicyclic) bond motifs is 2. The third-order valence-electron chi connectivity index (χ3n) is 5.04. The first-order valence-electron chi connectivity index (χ1n) is 9.03. The Morgan fingerprint density at radius 1 is 1.22 bits per heavy atom. The summed E-state index contributed by atoms with van der Waals surface area (Å²) in [4.78, 5) is 19.2. The normalized spacial score (nSPS) is 15.7. The lowest BCUT2D eigenvalue weighted by Crippen LogP contribution is -2.38. The summed E-state index contributed by atoms with van der Waals surface area (Å²) < 4.78 is 11.2. The summed E-state index contributed by atoms with van der Waals surface area (Å²) >= 11 is 0. The number of carbonyl (C=O) groups excluding carboxylic acids is 1. The first-order valence-corrected chi connectivity index (χ1v) is 9.03. The van der Waals surface area contributed by atoms with E-state index in [-0.39, 0.29) is 11.8 Å². The van der Waals surface area contributed by atoms with E-state index in [0.29, 0.717) is 19.6 Å². The Hall–Kier alpha value is -3.08. The molecule has 0 radical (unpaired) electrons. The molecule has 1 unspecified atom stereocenters. The molecule has 1 aliphatic rings. The SMILES string of the molecule is COc1cccc2c1OCC(C(=O)N(C)Cc1cccc3ncccc13)C2. The summed E-state index contributed by atoms with van der Waals surface area (Å²) in [5, 5.41) is 1.08. The van der Waals surface area contributed by atoms with Crippen molar-refractivity contribution in [2.24, 2.45) is 5.92 Å². The van der Waals surface area contributed by atoms with Crippen molar-refractivity contribution < 1.29 is 14.3 Å².